The first-order chi connectivity index (χ1) is 9.56. The van der Waals surface area contributed by atoms with Gasteiger partial charge in [0.05, 0.1) is 18.0 Å². The van der Waals surface area contributed by atoms with Crippen LogP contribution in [0.15, 0.2) is 11.0 Å². The summed E-state index contributed by atoms with van der Waals surface area (Å²) in [6.07, 6.45) is 3.11. The second-order valence-corrected chi connectivity index (χ2v) is 5.11. The van der Waals surface area contributed by atoms with Gasteiger partial charge in [-0.25, -0.2) is 4.68 Å². The highest BCUT2D eigenvalue weighted by atomic mass is 35.5. The molecule has 0 aliphatic carbocycles. The van der Waals surface area contributed by atoms with Crippen LogP contribution in [-0.2, 0) is 6.54 Å². The zero-order chi connectivity index (χ0) is 15.0. The third-order valence-corrected chi connectivity index (χ3v) is 3.13. The summed E-state index contributed by atoms with van der Waals surface area (Å²) in [6, 6.07) is 0. The van der Waals surface area contributed by atoms with E-state index in [9.17, 15) is 4.79 Å². The van der Waals surface area contributed by atoms with Crippen molar-refractivity contribution < 1.29 is 5.11 Å². The SMILES string of the molecule is CCCCn1ncc(NCCNCC(C)O)c(Cl)c1=O. The highest BCUT2D eigenvalue weighted by Gasteiger charge is 2.08. The Labute approximate surface area is 124 Å². The third kappa shape index (κ3) is 5.48. The van der Waals surface area contributed by atoms with Crippen molar-refractivity contribution >= 4 is 17.3 Å². The molecule has 1 aromatic rings. The Morgan fingerprint density at radius 1 is 1.50 bits per heavy atom. The van der Waals surface area contributed by atoms with Gasteiger partial charge in [0.1, 0.15) is 5.02 Å². The molecule has 1 rings (SSSR count). The Bertz CT molecular complexity index is 462. The van der Waals surface area contributed by atoms with E-state index in [0.717, 1.165) is 12.8 Å². The van der Waals surface area contributed by atoms with Gasteiger partial charge in [0, 0.05) is 26.2 Å². The molecule has 7 heteroatoms. The quantitative estimate of drug-likeness (QED) is 0.595. The molecule has 1 heterocycles. The maximum Gasteiger partial charge on any atom is 0.287 e. The summed E-state index contributed by atoms with van der Waals surface area (Å²) in [6.45, 7) is 6.17. The minimum absolute atomic E-state index is 0.173. The van der Waals surface area contributed by atoms with Crippen LogP contribution in [0, 0.1) is 0 Å². The molecule has 0 bridgehead atoms. The van der Waals surface area contributed by atoms with E-state index < -0.39 is 0 Å². The predicted molar refractivity (Wildman–Crippen MR) is 81.5 cm³/mol. The largest absolute Gasteiger partial charge is 0.392 e. The molecule has 0 aliphatic rings. The number of anilines is 1. The molecule has 0 amide bonds. The lowest BCUT2D eigenvalue weighted by Gasteiger charge is -2.11. The molecule has 0 aromatic carbocycles. The average Bonchev–Trinajstić information content (AvgIpc) is 2.41. The number of unbranched alkanes of at least 4 members (excludes halogenated alkanes) is 1. The molecule has 20 heavy (non-hydrogen) atoms. The van der Waals surface area contributed by atoms with E-state index in [-0.39, 0.29) is 16.7 Å². The summed E-state index contributed by atoms with van der Waals surface area (Å²) in [5, 5.41) is 19.5. The van der Waals surface area contributed by atoms with Crippen molar-refractivity contribution in [1.29, 1.82) is 0 Å². The summed E-state index contributed by atoms with van der Waals surface area (Å²) in [5.41, 5.74) is 0.283. The van der Waals surface area contributed by atoms with Crippen molar-refractivity contribution in [3.05, 3.63) is 21.6 Å². The molecule has 1 atom stereocenters. The minimum Gasteiger partial charge on any atom is -0.392 e. The summed E-state index contributed by atoms with van der Waals surface area (Å²) < 4.78 is 1.39. The molecular weight excluding hydrogens is 280 g/mol. The maximum absolute atomic E-state index is 12.0. The van der Waals surface area contributed by atoms with Crippen molar-refractivity contribution in [1.82, 2.24) is 15.1 Å². The number of aryl methyl sites for hydroxylation is 1. The molecule has 1 aromatic heterocycles. The third-order valence-electron chi connectivity index (χ3n) is 2.77. The molecular formula is C13H23ClN4O2. The molecule has 0 spiro atoms. The van der Waals surface area contributed by atoms with Crippen LogP contribution >= 0.6 is 11.6 Å². The van der Waals surface area contributed by atoms with Crippen LogP contribution in [0.5, 0.6) is 0 Å². The Morgan fingerprint density at radius 3 is 2.90 bits per heavy atom. The fraction of sp³-hybridized carbons (Fsp3) is 0.692. The van der Waals surface area contributed by atoms with Crippen LogP contribution in [0.1, 0.15) is 26.7 Å². The number of hydrogen-bond acceptors (Lipinski definition) is 5. The first-order valence-corrected chi connectivity index (χ1v) is 7.32. The Hall–Kier alpha value is -1.11. The van der Waals surface area contributed by atoms with Crippen LogP contribution in [0.2, 0.25) is 5.02 Å². The number of rotatable bonds is 9. The molecule has 0 fully saturated rings. The summed E-state index contributed by atoms with van der Waals surface area (Å²) in [4.78, 5) is 12.0. The van der Waals surface area contributed by atoms with Gasteiger partial charge in [-0.15, -0.1) is 0 Å². The monoisotopic (exact) mass is 302 g/mol. The predicted octanol–water partition coefficient (Wildman–Crippen LogP) is 1.08. The summed E-state index contributed by atoms with van der Waals surface area (Å²) in [7, 11) is 0. The van der Waals surface area contributed by atoms with Gasteiger partial charge in [0.25, 0.3) is 5.56 Å². The lowest BCUT2D eigenvalue weighted by atomic mass is 10.3. The molecule has 0 saturated carbocycles. The second-order valence-electron chi connectivity index (χ2n) is 4.73. The van der Waals surface area contributed by atoms with Crippen molar-refractivity contribution in [3.63, 3.8) is 0 Å². The highest BCUT2D eigenvalue weighted by Crippen LogP contribution is 2.14. The van der Waals surface area contributed by atoms with Crippen molar-refractivity contribution in [2.75, 3.05) is 25.0 Å². The number of aliphatic hydroxyl groups excluding tert-OH is 1. The van der Waals surface area contributed by atoms with Gasteiger partial charge in [-0.05, 0) is 13.3 Å². The Kier molecular flexibility index (Phi) is 7.58. The maximum atomic E-state index is 12.0. The minimum atomic E-state index is -0.372. The van der Waals surface area contributed by atoms with E-state index in [1.54, 1.807) is 13.1 Å². The van der Waals surface area contributed by atoms with Crippen molar-refractivity contribution in [2.45, 2.75) is 39.3 Å². The smallest absolute Gasteiger partial charge is 0.287 e. The van der Waals surface area contributed by atoms with E-state index >= 15 is 0 Å². The summed E-state index contributed by atoms with van der Waals surface area (Å²) in [5.74, 6) is 0. The fourth-order valence-corrected chi connectivity index (χ4v) is 1.87. The normalized spacial score (nSPS) is 12.4. The first-order valence-electron chi connectivity index (χ1n) is 6.94. The lowest BCUT2D eigenvalue weighted by molar-refractivity contribution is 0.192. The summed E-state index contributed by atoms with van der Waals surface area (Å²) >= 11 is 6.04. The first kappa shape index (κ1) is 16.9. The Balaban J connectivity index is 2.51. The molecule has 3 N–H and O–H groups in total. The second kappa shape index (κ2) is 8.94. The van der Waals surface area contributed by atoms with Crippen LogP contribution in [0.3, 0.4) is 0 Å². The van der Waals surface area contributed by atoms with Gasteiger partial charge < -0.3 is 15.7 Å². The van der Waals surface area contributed by atoms with E-state index in [1.165, 1.54) is 4.68 Å². The number of aliphatic hydroxyl groups is 1. The molecule has 0 radical (unpaired) electrons. The number of nitrogens with zero attached hydrogens (tertiary/aromatic N) is 2. The number of halogens is 1. The van der Waals surface area contributed by atoms with Gasteiger partial charge in [0.2, 0.25) is 0 Å². The van der Waals surface area contributed by atoms with E-state index in [4.69, 9.17) is 16.7 Å². The molecule has 0 aliphatic heterocycles. The molecule has 0 saturated heterocycles. The number of nitrogens with one attached hydrogen (secondary N) is 2. The van der Waals surface area contributed by atoms with Crippen LogP contribution in [0.25, 0.3) is 0 Å². The zero-order valence-electron chi connectivity index (χ0n) is 12.0. The molecule has 1 unspecified atom stereocenters. The number of aromatic nitrogens is 2. The van der Waals surface area contributed by atoms with Gasteiger partial charge in [-0.2, -0.15) is 5.10 Å². The zero-order valence-corrected chi connectivity index (χ0v) is 12.8. The van der Waals surface area contributed by atoms with E-state index in [0.29, 0.717) is 31.9 Å². The number of hydrogen-bond donors (Lipinski definition) is 3. The Morgan fingerprint density at radius 2 is 2.25 bits per heavy atom. The fourth-order valence-electron chi connectivity index (χ4n) is 1.65. The van der Waals surface area contributed by atoms with Gasteiger partial charge >= 0.3 is 0 Å². The van der Waals surface area contributed by atoms with Crippen LogP contribution < -0.4 is 16.2 Å². The van der Waals surface area contributed by atoms with Crippen molar-refractivity contribution in [3.8, 4) is 0 Å². The lowest BCUT2D eigenvalue weighted by Crippen LogP contribution is -2.30. The van der Waals surface area contributed by atoms with Crippen molar-refractivity contribution in [2.24, 2.45) is 0 Å². The highest BCUT2D eigenvalue weighted by molar-refractivity contribution is 6.32. The van der Waals surface area contributed by atoms with E-state index in [2.05, 4.69) is 22.7 Å². The van der Waals surface area contributed by atoms with Gasteiger partial charge in [-0.1, -0.05) is 24.9 Å². The standard InChI is InChI=1S/C13H23ClN4O2/c1-3-4-7-18-13(20)12(14)11(9-17-18)16-6-5-15-8-10(2)19/h9-10,15-16,19H,3-8H2,1-2H3. The van der Waals surface area contributed by atoms with Gasteiger partial charge in [-0.3, -0.25) is 4.79 Å². The molecule has 114 valence electrons. The molecule has 6 nitrogen and oxygen atoms in total. The van der Waals surface area contributed by atoms with E-state index in [1.807, 2.05) is 0 Å². The van der Waals surface area contributed by atoms with Crippen LogP contribution in [0.4, 0.5) is 5.69 Å². The topological polar surface area (TPSA) is 79.2 Å². The average molecular weight is 303 g/mol. The van der Waals surface area contributed by atoms with Gasteiger partial charge in [0.15, 0.2) is 0 Å². The van der Waals surface area contributed by atoms with Crippen LogP contribution in [-0.4, -0.2) is 40.6 Å².